The number of aliphatic hydroxyl groups is 1. The van der Waals surface area contributed by atoms with E-state index >= 15 is 0 Å². The van der Waals surface area contributed by atoms with Crippen LogP contribution in [0.3, 0.4) is 0 Å². The Morgan fingerprint density at radius 1 is 1.36 bits per heavy atom. The maximum absolute atomic E-state index is 12.7. The van der Waals surface area contributed by atoms with Gasteiger partial charge in [-0.3, -0.25) is 9.59 Å². The van der Waals surface area contributed by atoms with Crippen molar-refractivity contribution in [2.24, 2.45) is 5.92 Å². The zero-order valence-electron chi connectivity index (χ0n) is 13.2. The van der Waals surface area contributed by atoms with Gasteiger partial charge in [0.1, 0.15) is 0 Å². The lowest BCUT2D eigenvalue weighted by Gasteiger charge is -2.41. The molecule has 5 nitrogen and oxygen atoms in total. The zero-order chi connectivity index (χ0) is 16.1. The van der Waals surface area contributed by atoms with Gasteiger partial charge in [-0.15, -0.1) is 0 Å². The third-order valence-electron chi connectivity index (χ3n) is 4.32. The van der Waals surface area contributed by atoms with Crippen molar-refractivity contribution in [2.45, 2.75) is 25.8 Å². The Kier molecular flexibility index (Phi) is 5.55. The molecule has 1 heterocycles. The fourth-order valence-electron chi connectivity index (χ4n) is 3.19. The molecule has 1 aromatic rings. The molecule has 2 atom stereocenters. The van der Waals surface area contributed by atoms with Crippen molar-refractivity contribution in [2.75, 3.05) is 26.7 Å². The van der Waals surface area contributed by atoms with Gasteiger partial charge in [-0.2, -0.15) is 0 Å². The summed E-state index contributed by atoms with van der Waals surface area (Å²) in [4.78, 5) is 28.3. The molecule has 1 saturated heterocycles. The Bertz CT molecular complexity index is 518. The lowest BCUT2D eigenvalue weighted by Crippen LogP contribution is -2.48. The summed E-state index contributed by atoms with van der Waals surface area (Å²) < 4.78 is 0. The molecule has 1 aliphatic rings. The predicted molar refractivity (Wildman–Crippen MR) is 84.0 cm³/mol. The summed E-state index contributed by atoms with van der Waals surface area (Å²) in [7, 11) is 1.70. The second-order valence-electron chi connectivity index (χ2n) is 5.66. The topological polar surface area (TPSA) is 60.9 Å². The van der Waals surface area contributed by atoms with Crippen LogP contribution in [0.1, 0.15) is 31.4 Å². The van der Waals surface area contributed by atoms with Crippen molar-refractivity contribution in [3.05, 3.63) is 35.9 Å². The highest BCUT2D eigenvalue weighted by molar-refractivity contribution is 5.85. The second-order valence-corrected chi connectivity index (χ2v) is 5.66. The summed E-state index contributed by atoms with van der Waals surface area (Å²) in [6.45, 7) is 2.79. The number of nitrogens with zero attached hydrogens (tertiary/aromatic N) is 2. The minimum Gasteiger partial charge on any atom is -0.395 e. The number of likely N-dealkylation sites (N-methyl/N-ethyl adjacent to an activating group) is 1. The molecule has 2 amide bonds. The van der Waals surface area contributed by atoms with Crippen LogP contribution in [0.5, 0.6) is 0 Å². The van der Waals surface area contributed by atoms with Crippen LogP contribution < -0.4 is 0 Å². The first kappa shape index (κ1) is 16.5. The minimum absolute atomic E-state index is 0.00569. The molecule has 2 rings (SSSR count). The monoisotopic (exact) mass is 304 g/mol. The predicted octanol–water partition coefficient (Wildman–Crippen LogP) is 1.44. The number of hydrogen-bond acceptors (Lipinski definition) is 3. The van der Waals surface area contributed by atoms with Crippen molar-refractivity contribution in [1.82, 2.24) is 9.80 Å². The van der Waals surface area contributed by atoms with Gasteiger partial charge in [-0.05, 0) is 18.9 Å². The number of carbonyl (C=O) groups is 2. The van der Waals surface area contributed by atoms with E-state index in [0.717, 1.165) is 5.56 Å². The molecule has 0 saturated carbocycles. The summed E-state index contributed by atoms with van der Waals surface area (Å²) in [5, 5.41) is 9.05. The number of amides is 2. The van der Waals surface area contributed by atoms with E-state index in [4.69, 9.17) is 5.11 Å². The molecule has 0 aromatic heterocycles. The molecule has 5 heteroatoms. The number of aliphatic hydroxyl groups excluding tert-OH is 1. The second kappa shape index (κ2) is 7.40. The number of benzene rings is 1. The Hall–Kier alpha value is -1.88. The molecular weight excluding hydrogens is 280 g/mol. The molecule has 1 aliphatic heterocycles. The van der Waals surface area contributed by atoms with Crippen molar-refractivity contribution < 1.29 is 14.7 Å². The van der Waals surface area contributed by atoms with Crippen LogP contribution in [-0.2, 0) is 9.59 Å². The van der Waals surface area contributed by atoms with Gasteiger partial charge in [0.2, 0.25) is 11.8 Å². The van der Waals surface area contributed by atoms with Crippen LogP contribution in [0.4, 0.5) is 0 Å². The quantitative estimate of drug-likeness (QED) is 0.895. The van der Waals surface area contributed by atoms with E-state index in [0.29, 0.717) is 25.9 Å². The van der Waals surface area contributed by atoms with Gasteiger partial charge < -0.3 is 14.9 Å². The summed E-state index contributed by atoms with van der Waals surface area (Å²) in [6, 6.07) is 9.51. The highest BCUT2D eigenvalue weighted by Gasteiger charge is 2.40. The van der Waals surface area contributed by atoms with E-state index in [-0.39, 0.29) is 30.4 Å². The molecule has 0 aliphatic carbocycles. The molecular formula is C17H24N2O3. The third-order valence-corrected chi connectivity index (χ3v) is 4.32. The van der Waals surface area contributed by atoms with E-state index in [1.807, 2.05) is 37.3 Å². The number of rotatable bonds is 5. The smallest absolute Gasteiger partial charge is 0.227 e. The van der Waals surface area contributed by atoms with Gasteiger partial charge in [-0.1, -0.05) is 30.3 Å². The number of hydrogen-bond donors (Lipinski definition) is 1. The summed E-state index contributed by atoms with van der Waals surface area (Å²) >= 11 is 0. The van der Waals surface area contributed by atoms with Crippen molar-refractivity contribution in [3.8, 4) is 0 Å². The highest BCUT2D eigenvalue weighted by Crippen LogP contribution is 2.37. The minimum atomic E-state index is -0.253. The number of piperidine rings is 1. The molecule has 0 radical (unpaired) electrons. The lowest BCUT2D eigenvalue weighted by atomic mass is 9.83. The van der Waals surface area contributed by atoms with Crippen LogP contribution in [0.25, 0.3) is 0 Å². The number of likely N-dealkylation sites (tertiary alicyclic amines) is 1. The van der Waals surface area contributed by atoms with E-state index in [2.05, 4.69) is 0 Å². The maximum atomic E-state index is 12.7. The fraction of sp³-hybridized carbons (Fsp3) is 0.529. The van der Waals surface area contributed by atoms with Gasteiger partial charge in [0.05, 0.1) is 18.6 Å². The molecule has 0 bridgehead atoms. The maximum Gasteiger partial charge on any atom is 0.227 e. The highest BCUT2D eigenvalue weighted by atomic mass is 16.3. The normalized spacial score (nSPS) is 21.8. The molecule has 0 spiro atoms. The van der Waals surface area contributed by atoms with Gasteiger partial charge in [-0.25, -0.2) is 0 Å². The largest absolute Gasteiger partial charge is 0.395 e. The van der Waals surface area contributed by atoms with Crippen LogP contribution in [0.15, 0.2) is 30.3 Å². The lowest BCUT2D eigenvalue weighted by molar-refractivity contribution is -0.147. The van der Waals surface area contributed by atoms with Gasteiger partial charge in [0.15, 0.2) is 0 Å². The Labute approximate surface area is 131 Å². The van der Waals surface area contributed by atoms with Gasteiger partial charge in [0, 0.05) is 26.6 Å². The van der Waals surface area contributed by atoms with Gasteiger partial charge >= 0.3 is 0 Å². The fourth-order valence-corrected chi connectivity index (χ4v) is 3.19. The Morgan fingerprint density at radius 2 is 2.05 bits per heavy atom. The average Bonchev–Trinajstić information content (AvgIpc) is 2.54. The summed E-state index contributed by atoms with van der Waals surface area (Å²) in [5.41, 5.74) is 0.994. The van der Waals surface area contributed by atoms with Crippen LogP contribution in [-0.4, -0.2) is 53.5 Å². The van der Waals surface area contributed by atoms with E-state index < -0.39 is 0 Å². The van der Waals surface area contributed by atoms with E-state index in [1.165, 1.54) is 0 Å². The van der Waals surface area contributed by atoms with Crippen molar-refractivity contribution in [3.63, 3.8) is 0 Å². The third kappa shape index (κ3) is 3.30. The molecule has 120 valence electrons. The molecule has 1 N–H and O–H groups in total. The first-order valence-electron chi connectivity index (χ1n) is 7.80. The zero-order valence-corrected chi connectivity index (χ0v) is 13.2. The first-order valence-corrected chi connectivity index (χ1v) is 7.80. The first-order chi connectivity index (χ1) is 10.6. The van der Waals surface area contributed by atoms with Crippen molar-refractivity contribution in [1.29, 1.82) is 0 Å². The Balaban J connectivity index is 2.33. The molecule has 1 fully saturated rings. The SMILES string of the molecule is CCN1C(=O)CC[C@@H](C(=O)N(C)CCO)[C@@H]1c1ccccc1. The molecule has 22 heavy (non-hydrogen) atoms. The van der Waals surface area contributed by atoms with Crippen LogP contribution in [0.2, 0.25) is 0 Å². The standard InChI is InChI=1S/C17H24N2O3/c1-3-19-15(21)10-9-14(17(22)18(2)11-12-20)16(19)13-7-5-4-6-8-13/h4-8,14,16,20H,3,9-12H2,1-2H3/t14-,16+/m1/s1. The van der Waals surface area contributed by atoms with E-state index in [9.17, 15) is 9.59 Å². The van der Waals surface area contributed by atoms with Crippen LogP contribution in [0, 0.1) is 5.92 Å². The average molecular weight is 304 g/mol. The molecule has 0 unspecified atom stereocenters. The summed E-state index contributed by atoms with van der Waals surface area (Å²) in [5.74, 6) is -0.157. The van der Waals surface area contributed by atoms with Crippen LogP contribution >= 0.6 is 0 Å². The van der Waals surface area contributed by atoms with Gasteiger partial charge in [0.25, 0.3) is 0 Å². The Morgan fingerprint density at radius 3 is 2.64 bits per heavy atom. The van der Waals surface area contributed by atoms with E-state index in [1.54, 1.807) is 16.8 Å². The number of carbonyl (C=O) groups excluding carboxylic acids is 2. The molecule has 1 aromatic carbocycles. The van der Waals surface area contributed by atoms with Crippen molar-refractivity contribution >= 4 is 11.8 Å². The summed E-state index contributed by atoms with van der Waals surface area (Å²) in [6.07, 6.45) is 0.962.